The van der Waals surface area contributed by atoms with Gasteiger partial charge >= 0.3 is 5.82 Å². The first-order valence-electron chi connectivity index (χ1n) is 6.25. The fraction of sp³-hybridized carbons (Fsp3) is 0.727. The minimum Gasteiger partial charge on any atom is -0.388 e. The highest BCUT2D eigenvalue weighted by molar-refractivity contribution is 5.16. The molecular formula is C11H17N3O7. The summed E-state index contributed by atoms with van der Waals surface area (Å²) in [4.78, 5) is 13.8. The highest BCUT2D eigenvalue weighted by Crippen LogP contribution is 2.23. The molecule has 1 aliphatic heterocycles. The molecule has 2 heterocycles. The van der Waals surface area contributed by atoms with Crippen LogP contribution in [0.25, 0.3) is 0 Å². The van der Waals surface area contributed by atoms with E-state index in [0.717, 1.165) is 0 Å². The van der Waals surface area contributed by atoms with Crippen LogP contribution in [0.3, 0.4) is 0 Å². The van der Waals surface area contributed by atoms with Crippen molar-refractivity contribution in [2.45, 2.75) is 44.2 Å². The van der Waals surface area contributed by atoms with Crippen LogP contribution < -0.4 is 0 Å². The van der Waals surface area contributed by atoms with Crippen molar-refractivity contribution in [3.05, 3.63) is 22.1 Å². The Morgan fingerprint density at radius 3 is 2.62 bits per heavy atom. The quantitative estimate of drug-likeness (QED) is 0.453. The molecule has 0 bridgehead atoms. The lowest BCUT2D eigenvalue weighted by Crippen LogP contribution is -2.58. The third-order valence-electron chi connectivity index (χ3n) is 3.43. The van der Waals surface area contributed by atoms with Crippen molar-refractivity contribution >= 4 is 5.82 Å². The van der Waals surface area contributed by atoms with Crippen LogP contribution in [0.5, 0.6) is 0 Å². The second-order valence-corrected chi connectivity index (χ2v) is 4.81. The maximum Gasteiger partial charge on any atom is 0.381 e. The maximum absolute atomic E-state index is 10.7. The van der Waals surface area contributed by atoms with Gasteiger partial charge in [0.05, 0.1) is 6.54 Å². The van der Waals surface area contributed by atoms with Crippen LogP contribution in [0.2, 0.25) is 0 Å². The van der Waals surface area contributed by atoms with E-state index in [0.29, 0.717) is 5.82 Å². The summed E-state index contributed by atoms with van der Waals surface area (Å²) in [5.74, 6) is 0.0498. The Labute approximate surface area is 119 Å². The second kappa shape index (κ2) is 6.03. The molecule has 0 amide bonds. The molecule has 0 saturated carbocycles. The molecule has 10 heteroatoms. The lowest BCUT2D eigenvalue weighted by atomic mass is 9.99. The van der Waals surface area contributed by atoms with Gasteiger partial charge in [-0.2, -0.15) is 0 Å². The molecule has 0 radical (unpaired) electrons. The lowest BCUT2D eigenvalue weighted by molar-refractivity contribution is -0.389. The Morgan fingerprint density at radius 2 is 2.10 bits per heavy atom. The van der Waals surface area contributed by atoms with Crippen LogP contribution >= 0.6 is 0 Å². The Morgan fingerprint density at radius 1 is 1.43 bits per heavy atom. The normalized spacial score (nSPS) is 33.1. The summed E-state index contributed by atoms with van der Waals surface area (Å²) in [5.41, 5.74) is 0. The van der Waals surface area contributed by atoms with Gasteiger partial charge in [0.1, 0.15) is 30.6 Å². The fourth-order valence-electron chi connectivity index (χ4n) is 2.22. The number of imidazole rings is 1. The van der Waals surface area contributed by atoms with Crippen molar-refractivity contribution in [2.75, 3.05) is 7.11 Å². The number of hydrogen-bond donors (Lipinski definition) is 3. The SMILES string of the molecule is CO[C@H]1O[C@H](Cn2cc([N+](=O)[O-])nc2C)[C@@H](O)[C@H](O)[C@H]1O. The Balaban J connectivity index is 2.16. The van der Waals surface area contributed by atoms with Crippen molar-refractivity contribution in [1.29, 1.82) is 0 Å². The zero-order valence-corrected chi connectivity index (χ0v) is 11.5. The number of aliphatic hydroxyl groups excluding tert-OH is 3. The topological polar surface area (TPSA) is 140 Å². The van der Waals surface area contributed by atoms with Gasteiger partial charge in [0.25, 0.3) is 0 Å². The third kappa shape index (κ3) is 3.04. The predicted octanol–water partition coefficient (Wildman–Crippen LogP) is -1.45. The van der Waals surface area contributed by atoms with E-state index in [2.05, 4.69) is 4.98 Å². The fourth-order valence-corrected chi connectivity index (χ4v) is 2.22. The molecule has 118 valence electrons. The standard InChI is InChI=1S/C11H17N3O7/c1-5-12-7(14(18)19)4-13(5)3-6-8(15)9(16)10(17)11(20-2)21-6/h4,6,8-11,15-17H,3H2,1-2H3/t6-,8-,9+,10-,11+/m1/s1. The molecule has 1 aromatic heterocycles. The zero-order valence-electron chi connectivity index (χ0n) is 11.5. The highest BCUT2D eigenvalue weighted by atomic mass is 16.7. The van der Waals surface area contributed by atoms with Gasteiger partial charge in [-0.05, 0) is 9.91 Å². The average Bonchev–Trinajstić information content (AvgIpc) is 2.81. The number of methoxy groups -OCH3 is 1. The van der Waals surface area contributed by atoms with E-state index < -0.39 is 35.6 Å². The predicted molar refractivity (Wildman–Crippen MR) is 67.3 cm³/mol. The summed E-state index contributed by atoms with van der Waals surface area (Å²) in [6.07, 6.45) is -4.95. The van der Waals surface area contributed by atoms with Crippen LogP contribution in [-0.4, -0.2) is 67.6 Å². The zero-order chi connectivity index (χ0) is 15.7. The highest BCUT2D eigenvalue weighted by Gasteiger charge is 2.44. The molecule has 1 aromatic rings. The number of nitro groups is 1. The smallest absolute Gasteiger partial charge is 0.381 e. The molecule has 0 spiro atoms. The van der Waals surface area contributed by atoms with Crippen LogP contribution in [0, 0.1) is 17.0 Å². The van der Waals surface area contributed by atoms with E-state index in [1.54, 1.807) is 6.92 Å². The van der Waals surface area contributed by atoms with Gasteiger partial charge < -0.3 is 39.5 Å². The first-order valence-corrected chi connectivity index (χ1v) is 6.25. The molecule has 1 fully saturated rings. The summed E-state index contributed by atoms with van der Waals surface area (Å²) < 4.78 is 11.7. The van der Waals surface area contributed by atoms with E-state index in [-0.39, 0.29) is 12.4 Å². The number of rotatable bonds is 4. The number of nitrogens with zero attached hydrogens (tertiary/aromatic N) is 3. The number of ether oxygens (including phenoxy) is 2. The summed E-state index contributed by atoms with van der Waals surface area (Å²) in [7, 11) is 1.29. The molecule has 5 atom stereocenters. The van der Waals surface area contributed by atoms with Crippen molar-refractivity contribution < 1.29 is 29.7 Å². The van der Waals surface area contributed by atoms with Crippen molar-refractivity contribution in [1.82, 2.24) is 9.55 Å². The summed E-state index contributed by atoms with van der Waals surface area (Å²) in [6, 6.07) is 0. The largest absolute Gasteiger partial charge is 0.388 e. The van der Waals surface area contributed by atoms with Crippen LogP contribution in [0.15, 0.2) is 6.20 Å². The molecule has 1 aliphatic rings. The summed E-state index contributed by atoms with van der Waals surface area (Å²) in [5, 5.41) is 40.0. The first kappa shape index (κ1) is 15.8. The molecule has 0 aliphatic carbocycles. The molecule has 0 unspecified atom stereocenters. The van der Waals surface area contributed by atoms with Gasteiger partial charge in [-0.25, -0.2) is 0 Å². The second-order valence-electron chi connectivity index (χ2n) is 4.81. The van der Waals surface area contributed by atoms with Gasteiger partial charge in [-0.1, -0.05) is 0 Å². The van der Waals surface area contributed by atoms with Crippen LogP contribution in [0.1, 0.15) is 5.82 Å². The minimum absolute atomic E-state index is 0.0253. The van der Waals surface area contributed by atoms with Gasteiger partial charge in [-0.3, -0.25) is 0 Å². The van der Waals surface area contributed by atoms with Crippen molar-refractivity contribution in [3.8, 4) is 0 Å². The van der Waals surface area contributed by atoms with E-state index >= 15 is 0 Å². The van der Waals surface area contributed by atoms with Crippen molar-refractivity contribution in [2.24, 2.45) is 0 Å². The van der Waals surface area contributed by atoms with Gasteiger partial charge in [0.15, 0.2) is 6.29 Å². The number of aryl methyl sites for hydroxylation is 1. The number of aliphatic hydroxyl groups is 3. The van der Waals surface area contributed by atoms with E-state index in [1.807, 2.05) is 0 Å². The van der Waals surface area contributed by atoms with E-state index in [9.17, 15) is 25.4 Å². The van der Waals surface area contributed by atoms with Crippen LogP contribution in [0.4, 0.5) is 5.82 Å². The monoisotopic (exact) mass is 303 g/mol. The number of hydrogen-bond acceptors (Lipinski definition) is 8. The molecule has 1 saturated heterocycles. The molecular weight excluding hydrogens is 286 g/mol. The summed E-state index contributed by atoms with van der Waals surface area (Å²) in [6.45, 7) is 1.60. The van der Waals surface area contributed by atoms with Crippen molar-refractivity contribution in [3.63, 3.8) is 0 Å². The Kier molecular flexibility index (Phi) is 4.54. The molecule has 10 nitrogen and oxygen atoms in total. The van der Waals surface area contributed by atoms with Crippen LogP contribution in [-0.2, 0) is 16.0 Å². The van der Waals surface area contributed by atoms with Gasteiger partial charge in [-0.15, -0.1) is 0 Å². The third-order valence-corrected chi connectivity index (χ3v) is 3.43. The Bertz CT molecular complexity index is 518. The summed E-state index contributed by atoms with van der Waals surface area (Å²) >= 11 is 0. The minimum atomic E-state index is -1.44. The van der Waals surface area contributed by atoms with E-state index in [4.69, 9.17) is 9.47 Å². The molecule has 0 aromatic carbocycles. The van der Waals surface area contributed by atoms with Gasteiger partial charge in [0.2, 0.25) is 5.82 Å². The molecule has 2 rings (SSSR count). The number of aromatic nitrogens is 2. The molecule has 21 heavy (non-hydrogen) atoms. The first-order chi connectivity index (χ1) is 9.85. The lowest BCUT2D eigenvalue weighted by Gasteiger charge is -2.39. The molecule has 3 N–H and O–H groups in total. The maximum atomic E-state index is 10.7. The Hall–Kier alpha value is -1.59. The van der Waals surface area contributed by atoms with Gasteiger partial charge in [0, 0.05) is 14.0 Å². The van der Waals surface area contributed by atoms with E-state index in [1.165, 1.54) is 17.9 Å². The average molecular weight is 303 g/mol.